The van der Waals surface area contributed by atoms with Gasteiger partial charge >= 0.3 is 0 Å². The number of hydrogen-bond acceptors (Lipinski definition) is 1. The molecule has 196 valence electrons. The van der Waals surface area contributed by atoms with Gasteiger partial charge in [0.05, 0.1) is 0 Å². The minimum absolute atomic E-state index is 0.187. The van der Waals surface area contributed by atoms with Gasteiger partial charge in [0, 0.05) is 17.3 Å². The van der Waals surface area contributed by atoms with Gasteiger partial charge in [-0.3, -0.25) is 0 Å². The first kappa shape index (κ1) is 27.5. The van der Waals surface area contributed by atoms with Crippen LogP contribution in [-0.4, -0.2) is 0 Å². The number of rotatable bonds is 11. The fourth-order valence-electron chi connectivity index (χ4n) is 5.84. The zero-order valence-corrected chi connectivity index (χ0v) is 23.0. The van der Waals surface area contributed by atoms with Crippen molar-refractivity contribution in [2.24, 2.45) is 0 Å². The predicted octanol–water partition coefficient (Wildman–Crippen LogP) is 10.7. The van der Waals surface area contributed by atoms with Crippen molar-refractivity contribution >= 4 is 17.3 Å². The quantitative estimate of drug-likeness (QED) is 0.302. The molecule has 0 bridgehead atoms. The maximum Gasteiger partial charge on any atom is 0.0380 e. The summed E-state index contributed by atoms with van der Waals surface area (Å²) in [7, 11) is 0. The average Bonchev–Trinajstić information content (AvgIpc) is 2.98. The van der Waals surface area contributed by atoms with Gasteiger partial charge in [0.15, 0.2) is 0 Å². The molecule has 1 N–H and O–H groups in total. The van der Waals surface area contributed by atoms with Crippen molar-refractivity contribution in [3.63, 3.8) is 0 Å². The van der Waals surface area contributed by atoms with Crippen LogP contribution in [0.3, 0.4) is 0 Å². The summed E-state index contributed by atoms with van der Waals surface area (Å²) in [5, 5.41) is 3.35. The molecule has 0 radical (unpaired) electrons. The lowest BCUT2D eigenvalue weighted by Crippen LogP contribution is -2.31. The topological polar surface area (TPSA) is 12.0 Å². The molecule has 1 saturated carbocycles. The SMILES string of the molecule is C=C/C=C(\CCC)C1(c2ccc(\C=C/C=C\C=C\Nc3ccc(C4=CCCC=C4)cc3)cc2)CCCCC1. The number of hydrogen-bond donors (Lipinski definition) is 1. The van der Waals surface area contributed by atoms with Crippen LogP contribution in [0.4, 0.5) is 5.69 Å². The van der Waals surface area contributed by atoms with Crippen molar-refractivity contribution in [2.75, 3.05) is 5.32 Å². The fraction of sp³-hybridized carbons (Fsp3) is 0.297. The normalized spacial score (nSPS) is 17.8. The van der Waals surface area contributed by atoms with Crippen LogP contribution in [0.25, 0.3) is 11.6 Å². The van der Waals surface area contributed by atoms with Crippen molar-refractivity contribution < 1.29 is 0 Å². The lowest BCUT2D eigenvalue weighted by molar-refractivity contribution is 0.331. The van der Waals surface area contributed by atoms with E-state index in [0.29, 0.717) is 0 Å². The van der Waals surface area contributed by atoms with Gasteiger partial charge in [-0.1, -0.05) is 136 Å². The summed E-state index contributed by atoms with van der Waals surface area (Å²) >= 11 is 0. The smallest absolute Gasteiger partial charge is 0.0380 e. The summed E-state index contributed by atoms with van der Waals surface area (Å²) < 4.78 is 0. The van der Waals surface area contributed by atoms with E-state index in [9.17, 15) is 0 Å². The highest BCUT2D eigenvalue weighted by Crippen LogP contribution is 2.46. The van der Waals surface area contributed by atoms with Crippen molar-refractivity contribution in [3.8, 4) is 0 Å². The highest BCUT2D eigenvalue weighted by molar-refractivity contribution is 5.75. The van der Waals surface area contributed by atoms with Crippen LogP contribution in [0.15, 0.2) is 122 Å². The third kappa shape index (κ3) is 7.25. The van der Waals surface area contributed by atoms with Crippen LogP contribution in [0.2, 0.25) is 0 Å². The molecule has 2 aliphatic carbocycles. The number of allylic oxidation sites excluding steroid dienone is 11. The molecule has 0 unspecified atom stereocenters. The number of anilines is 1. The molecule has 0 aromatic heterocycles. The lowest BCUT2D eigenvalue weighted by atomic mass is 9.63. The Labute approximate surface area is 230 Å². The van der Waals surface area contributed by atoms with Crippen LogP contribution >= 0.6 is 0 Å². The third-order valence-corrected chi connectivity index (χ3v) is 7.80. The monoisotopic (exact) mass is 501 g/mol. The molecule has 1 fully saturated rings. The summed E-state index contributed by atoms with van der Waals surface area (Å²) in [6.07, 6.45) is 34.6. The van der Waals surface area contributed by atoms with Crippen LogP contribution in [0, 0.1) is 0 Å². The van der Waals surface area contributed by atoms with E-state index >= 15 is 0 Å². The second-order valence-corrected chi connectivity index (χ2v) is 10.4. The van der Waals surface area contributed by atoms with Crippen LogP contribution in [-0.2, 0) is 5.41 Å². The van der Waals surface area contributed by atoms with E-state index in [-0.39, 0.29) is 5.41 Å². The first-order valence-electron chi connectivity index (χ1n) is 14.4. The van der Waals surface area contributed by atoms with Crippen LogP contribution in [0.1, 0.15) is 81.4 Å². The van der Waals surface area contributed by atoms with Crippen LogP contribution < -0.4 is 5.32 Å². The Bertz CT molecular complexity index is 1210. The predicted molar refractivity (Wildman–Crippen MR) is 168 cm³/mol. The van der Waals surface area contributed by atoms with Crippen molar-refractivity contribution in [3.05, 3.63) is 138 Å². The Kier molecular flexibility index (Phi) is 10.4. The lowest BCUT2D eigenvalue weighted by Gasteiger charge is -2.40. The zero-order chi connectivity index (χ0) is 26.5. The zero-order valence-electron chi connectivity index (χ0n) is 23.0. The van der Waals surface area contributed by atoms with Gasteiger partial charge in [0.1, 0.15) is 0 Å². The van der Waals surface area contributed by atoms with Crippen molar-refractivity contribution in [1.82, 2.24) is 0 Å². The molecular formula is C37H43N. The summed E-state index contributed by atoms with van der Waals surface area (Å²) in [5.41, 5.74) is 8.15. The summed E-state index contributed by atoms with van der Waals surface area (Å²) in [4.78, 5) is 0. The van der Waals surface area contributed by atoms with E-state index in [0.717, 1.165) is 24.9 Å². The van der Waals surface area contributed by atoms with Gasteiger partial charge in [0.25, 0.3) is 0 Å². The molecule has 4 rings (SSSR count). The van der Waals surface area contributed by atoms with E-state index in [4.69, 9.17) is 0 Å². The maximum absolute atomic E-state index is 4.01. The van der Waals surface area contributed by atoms with Crippen molar-refractivity contribution in [1.29, 1.82) is 0 Å². The molecule has 1 heteroatoms. The number of nitrogens with one attached hydrogen (secondary N) is 1. The summed E-state index contributed by atoms with van der Waals surface area (Å²) in [6.45, 7) is 6.29. The van der Waals surface area contributed by atoms with E-state index < -0.39 is 0 Å². The Morgan fingerprint density at radius 3 is 2.34 bits per heavy atom. The Hall–Kier alpha value is -3.58. The Balaban J connectivity index is 1.32. The summed E-state index contributed by atoms with van der Waals surface area (Å²) in [6, 6.07) is 17.9. The molecule has 38 heavy (non-hydrogen) atoms. The van der Waals surface area contributed by atoms with Gasteiger partial charge in [-0.2, -0.15) is 0 Å². The fourth-order valence-corrected chi connectivity index (χ4v) is 5.84. The Morgan fingerprint density at radius 2 is 1.66 bits per heavy atom. The standard InChI is InChI=1S/C37H43N/c1-3-15-34(16-4-2)37(28-12-8-13-29-37)35-24-20-31(21-25-35)17-9-5-6-14-30-38-36-26-22-33(23-27-36)32-18-10-7-11-19-32/h3,5-6,9-10,14-15,17-27,30,38H,1,4,7-8,11-13,16,28-29H2,2H3/b6-5-,17-9-,30-14+,34-15+. The molecule has 0 saturated heterocycles. The van der Waals surface area contributed by atoms with Crippen molar-refractivity contribution in [2.45, 2.75) is 70.1 Å². The first-order chi connectivity index (χ1) is 18.7. The molecule has 0 heterocycles. The molecule has 1 nitrogen and oxygen atoms in total. The van der Waals surface area contributed by atoms with E-state index in [1.807, 2.05) is 18.4 Å². The third-order valence-electron chi connectivity index (χ3n) is 7.80. The molecule has 0 atom stereocenters. The largest absolute Gasteiger partial charge is 0.362 e. The van der Waals surface area contributed by atoms with Gasteiger partial charge in [-0.15, -0.1) is 0 Å². The maximum atomic E-state index is 4.01. The molecule has 2 aromatic rings. The second kappa shape index (κ2) is 14.4. The molecule has 0 aliphatic heterocycles. The summed E-state index contributed by atoms with van der Waals surface area (Å²) in [5.74, 6) is 0. The van der Waals surface area contributed by atoms with Gasteiger partial charge in [0.2, 0.25) is 0 Å². The molecule has 0 amide bonds. The molecular weight excluding hydrogens is 458 g/mol. The van der Waals surface area contributed by atoms with E-state index in [1.54, 1.807) is 5.57 Å². The molecule has 0 spiro atoms. The minimum atomic E-state index is 0.187. The highest BCUT2D eigenvalue weighted by Gasteiger charge is 2.36. The van der Waals surface area contributed by atoms with Gasteiger partial charge in [-0.05, 0) is 72.6 Å². The number of benzene rings is 2. The molecule has 2 aliphatic rings. The van der Waals surface area contributed by atoms with E-state index in [1.165, 1.54) is 60.8 Å². The second-order valence-electron chi connectivity index (χ2n) is 10.4. The Morgan fingerprint density at radius 1 is 0.895 bits per heavy atom. The first-order valence-corrected chi connectivity index (χ1v) is 14.4. The van der Waals surface area contributed by atoms with E-state index in [2.05, 4.69) is 116 Å². The minimum Gasteiger partial charge on any atom is -0.362 e. The average molecular weight is 502 g/mol. The molecule has 2 aromatic carbocycles. The van der Waals surface area contributed by atoms with Gasteiger partial charge in [-0.25, -0.2) is 0 Å². The van der Waals surface area contributed by atoms with Crippen LogP contribution in [0.5, 0.6) is 0 Å². The highest BCUT2D eigenvalue weighted by atomic mass is 14.8. The van der Waals surface area contributed by atoms with Gasteiger partial charge < -0.3 is 5.32 Å².